The lowest BCUT2D eigenvalue weighted by atomic mass is 10.0. The fourth-order valence-corrected chi connectivity index (χ4v) is 3.33. The number of hydrogen-bond acceptors (Lipinski definition) is 4. The normalized spacial score (nSPS) is 18.4. The molecule has 1 amide bonds. The number of aryl methyl sites for hydroxylation is 2. The van der Waals surface area contributed by atoms with Gasteiger partial charge >= 0.3 is 0 Å². The summed E-state index contributed by atoms with van der Waals surface area (Å²) in [5.41, 5.74) is 2.31. The molecule has 1 aromatic carbocycles. The van der Waals surface area contributed by atoms with Crippen molar-refractivity contribution in [3.8, 4) is 5.75 Å². The third-order valence-corrected chi connectivity index (χ3v) is 5.02. The number of nitrogens with zero attached hydrogens (tertiary/aromatic N) is 4. The zero-order chi connectivity index (χ0) is 17.8. The lowest BCUT2D eigenvalue weighted by molar-refractivity contribution is -0.134. The molecule has 6 nitrogen and oxygen atoms in total. The number of piperazine rings is 1. The first-order chi connectivity index (χ1) is 12.1. The van der Waals surface area contributed by atoms with Crippen LogP contribution in [0, 0.1) is 0 Å². The van der Waals surface area contributed by atoms with Crippen LogP contribution in [0.4, 0.5) is 0 Å². The molecular formula is C19H26N4O2. The number of rotatable bonds is 5. The SMILES string of the molecule is COc1ccc([C@H]2CN(C(=O)CCc3ccnn3C)CCN2C)cc1. The maximum Gasteiger partial charge on any atom is 0.223 e. The second-order valence-electron chi connectivity index (χ2n) is 6.56. The Bertz CT molecular complexity index is 710. The van der Waals surface area contributed by atoms with Crippen LogP contribution in [-0.2, 0) is 18.3 Å². The molecule has 1 aliphatic rings. The zero-order valence-electron chi connectivity index (χ0n) is 15.2. The summed E-state index contributed by atoms with van der Waals surface area (Å²) in [7, 11) is 5.70. The first-order valence-electron chi connectivity index (χ1n) is 8.67. The largest absolute Gasteiger partial charge is 0.497 e. The molecule has 1 aromatic heterocycles. The number of aromatic nitrogens is 2. The molecule has 134 valence electrons. The molecule has 1 fully saturated rings. The van der Waals surface area contributed by atoms with Crippen LogP contribution in [-0.4, -0.2) is 59.3 Å². The molecule has 6 heteroatoms. The molecule has 3 rings (SSSR count). The quantitative estimate of drug-likeness (QED) is 0.832. The number of carbonyl (C=O) groups is 1. The van der Waals surface area contributed by atoms with Crippen molar-refractivity contribution >= 4 is 5.91 Å². The highest BCUT2D eigenvalue weighted by Crippen LogP contribution is 2.26. The van der Waals surface area contributed by atoms with Crippen molar-refractivity contribution in [1.29, 1.82) is 0 Å². The number of methoxy groups -OCH3 is 1. The van der Waals surface area contributed by atoms with E-state index in [0.29, 0.717) is 6.42 Å². The lowest BCUT2D eigenvalue weighted by Gasteiger charge is -2.39. The first kappa shape index (κ1) is 17.5. The Balaban J connectivity index is 1.62. The Morgan fingerprint density at radius 2 is 1.96 bits per heavy atom. The van der Waals surface area contributed by atoms with Gasteiger partial charge in [-0.3, -0.25) is 14.4 Å². The summed E-state index contributed by atoms with van der Waals surface area (Å²) in [4.78, 5) is 16.9. The Morgan fingerprint density at radius 3 is 2.60 bits per heavy atom. The number of benzene rings is 1. The first-order valence-corrected chi connectivity index (χ1v) is 8.67. The molecule has 0 unspecified atom stereocenters. The third-order valence-electron chi connectivity index (χ3n) is 5.02. The lowest BCUT2D eigenvalue weighted by Crippen LogP contribution is -2.49. The molecule has 2 heterocycles. The van der Waals surface area contributed by atoms with Crippen LogP contribution in [0.25, 0.3) is 0 Å². The number of amides is 1. The summed E-state index contributed by atoms with van der Waals surface area (Å²) in [5.74, 6) is 1.07. The highest BCUT2D eigenvalue weighted by molar-refractivity contribution is 5.76. The molecule has 0 spiro atoms. The van der Waals surface area contributed by atoms with Gasteiger partial charge in [0.25, 0.3) is 0 Å². The molecule has 0 aliphatic carbocycles. The van der Waals surface area contributed by atoms with Crippen LogP contribution < -0.4 is 4.74 Å². The molecular weight excluding hydrogens is 316 g/mol. The van der Waals surface area contributed by atoms with Crippen molar-refractivity contribution in [1.82, 2.24) is 19.6 Å². The van der Waals surface area contributed by atoms with Gasteiger partial charge in [-0.25, -0.2) is 0 Å². The maximum atomic E-state index is 12.6. The minimum atomic E-state index is 0.216. The second-order valence-corrected chi connectivity index (χ2v) is 6.56. The van der Waals surface area contributed by atoms with Crippen LogP contribution in [0.2, 0.25) is 0 Å². The smallest absolute Gasteiger partial charge is 0.223 e. The summed E-state index contributed by atoms with van der Waals surface area (Å²) in [6, 6.07) is 10.3. The van der Waals surface area contributed by atoms with Crippen molar-refractivity contribution in [3.05, 3.63) is 47.8 Å². The van der Waals surface area contributed by atoms with E-state index in [1.165, 1.54) is 5.56 Å². The Labute approximate surface area is 149 Å². The molecule has 25 heavy (non-hydrogen) atoms. The van der Waals surface area contributed by atoms with Gasteiger partial charge < -0.3 is 9.64 Å². The monoisotopic (exact) mass is 342 g/mol. The van der Waals surface area contributed by atoms with E-state index >= 15 is 0 Å². The Morgan fingerprint density at radius 1 is 1.20 bits per heavy atom. The topological polar surface area (TPSA) is 50.6 Å². The average Bonchev–Trinajstić information content (AvgIpc) is 3.05. The minimum Gasteiger partial charge on any atom is -0.497 e. The van der Waals surface area contributed by atoms with Crippen LogP contribution in [0.3, 0.4) is 0 Å². The highest BCUT2D eigenvalue weighted by atomic mass is 16.5. The summed E-state index contributed by atoms with van der Waals surface area (Å²) in [6.07, 6.45) is 3.03. The highest BCUT2D eigenvalue weighted by Gasteiger charge is 2.28. The number of hydrogen-bond donors (Lipinski definition) is 0. The fraction of sp³-hybridized carbons (Fsp3) is 0.474. The van der Waals surface area contributed by atoms with E-state index in [4.69, 9.17) is 4.74 Å². The average molecular weight is 342 g/mol. The van der Waals surface area contributed by atoms with Crippen LogP contribution in [0.15, 0.2) is 36.5 Å². The van der Waals surface area contributed by atoms with Crippen LogP contribution in [0.5, 0.6) is 5.75 Å². The molecule has 0 saturated carbocycles. The standard InChI is InChI=1S/C19H26N4O2/c1-21-12-13-23(19(24)9-6-16-10-11-20-22(16)2)14-18(21)15-4-7-17(25-3)8-5-15/h4-5,7-8,10-11,18H,6,9,12-14H2,1-3H3/t18-/m1/s1. The van der Waals surface area contributed by atoms with Gasteiger partial charge in [0.05, 0.1) is 13.2 Å². The molecule has 1 aliphatic heterocycles. The van der Waals surface area contributed by atoms with Gasteiger partial charge in [-0.2, -0.15) is 5.10 Å². The maximum absolute atomic E-state index is 12.6. The zero-order valence-corrected chi connectivity index (χ0v) is 15.2. The number of ether oxygens (including phenoxy) is 1. The molecule has 0 radical (unpaired) electrons. The predicted molar refractivity (Wildman–Crippen MR) is 96.5 cm³/mol. The van der Waals surface area contributed by atoms with Crippen molar-refractivity contribution < 1.29 is 9.53 Å². The summed E-state index contributed by atoms with van der Waals surface area (Å²) in [6.45, 7) is 2.40. The van der Waals surface area contributed by atoms with Crippen molar-refractivity contribution in [3.63, 3.8) is 0 Å². The van der Waals surface area contributed by atoms with Gasteiger partial charge in [0, 0.05) is 45.0 Å². The summed E-state index contributed by atoms with van der Waals surface area (Å²) in [5, 5.41) is 4.16. The molecule has 1 saturated heterocycles. The van der Waals surface area contributed by atoms with E-state index < -0.39 is 0 Å². The number of carbonyl (C=O) groups excluding carboxylic acids is 1. The van der Waals surface area contributed by atoms with Gasteiger partial charge in [0.1, 0.15) is 5.75 Å². The Kier molecular flexibility index (Phi) is 5.38. The number of likely N-dealkylation sites (N-methyl/N-ethyl adjacent to an activating group) is 1. The molecule has 0 bridgehead atoms. The summed E-state index contributed by atoms with van der Waals surface area (Å²) >= 11 is 0. The fourth-order valence-electron chi connectivity index (χ4n) is 3.33. The van der Waals surface area contributed by atoms with Gasteiger partial charge in [-0.05, 0) is 37.2 Å². The van der Waals surface area contributed by atoms with Crippen molar-refractivity contribution in [2.75, 3.05) is 33.8 Å². The van der Waals surface area contributed by atoms with E-state index in [1.807, 2.05) is 34.8 Å². The van der Waals surface area contributed by atoms with E-state index in [0.717, 1.165) is 37.5 Å². The van der Waals surface area contributed by atoms with Gasteiger partial charge in [0.15, 0.2) is 0 Å². The Hall–Kier alpha value is -2.34. The van der Waals surface area contributed by atoms with Gasteiger partial charge in [0.2, 0.25) is 5.91 Å². The predicted octanol–water partition coefficient (Wildman–Crippen LogP) is 1.88. The molecule has 1 atom stereocenters. The van der Waals surface area contributed by atoms with E-state index in [9.17, 15) is 4.79 Å². The van der Waals surface area contributed by atoms with Crippen LogP contribution in [0.1, 0.15) is 23.7 Å². The summed E-state index contributed by atoms with van der Waals surface area (Å²) < 4.78 is 7.07. The van der Waals surface area contributed by atoms with E-state index in [1.54, 1.807) is 13.3 Å². The van der Waals surface area contributed by atoms with Crippen molar-refractivity contribution in [2.45, 2.75) is 18.9 Å². The molecule has 2 aromatic rings. The van der Waals surface area contributed by atoms with E-state index in [2.05, 4.69) is 29.2 Å². The second kappa shape index (κ2) is 7.70. The van der Waals surface area contributed by atoms with Gasteiger partial charge in [-0.15, -0.1) is 0 Å². The third kappa shape index (κ3) is 4.02. The van der Waals surface area contributed by atoms with E-state index in [-0.39, 0.29) is 11.9 Å². The van der Waals surface area contributed by atoms with Gasteiger partial charge in [-0.1, -0.05) is 12.1 Å². The van der Waals surface area contributed by atoms with Crippen LogP contribution >= 0.6 is 0 Å². The minimum absolute atomic E-state index is 0.216. The van der Waals surface area contributed by atoms with Crippen molar-refractivity contribution in [2.24, 2.45) is 7.05 Å². The molecule has 0 N–H and O–H groups in total.